The van der Waals surface area contributed by atoms with Crippen LogP contribution >= 0.6 is 0 Å². The van der Waals surface area contributed by atoms with Gasteiger partial charge in [0.05, 0.1) is 6.20 Å². The Bertz CT molecular complexity index is 943. The van der Waals surface area contributed by atoms with E-state index < -0.39 is 30.5 Å². The summed E-state index contributed by atoms with van der Waals surface area (Å²) < 4.78 is 52.8. The number of anilines is 3. The molecule has 1 aliphatic carbocycles. The third-order valence-corrected chi connectivity index (χ3v) is 4.74. The molecule has 2 aliphatic rings. The van der Waals surface area contributed by atoms with E-state index in [1.54, 1.807) is 0 Å². The highest BCUT2D eigenvalue weighted by molar-refractivity contribution is 5.85. The van der Waals surface area contributed by atoms with Gasteiger partial charge < -0.3 is 21.3 Å². The van der Waals surface area contributed by atoms with Gasteiger partial charge in [0.15, 0.2) is 11.6 Å². The van der Waals surface area contributed by atoms with Crippen molar-refractivity contribution in [2.75, 3.05) is 29.0 Å². The lowest BCUT2D eigenvalue weighted by molar-refractivity contribution is -0.139. The summed E-state index contributed by atoms with van der Waals surface area (Å²) in [4.78, 5) is 25.6. The normalized spacial score (nSPS) is 19.2. The number of nitrogens with one attached hydrogen (secondary N) is 2. The molecule has 162 valence electrons. The highest BCUT2D eigenvalue weighted by atomic mass is 19.4. The number of nitrogens with two attached hydrogens (primary N) is 1. The topological polar surface area (TPSA) is 127 Å². The van der Waals surface area contributed by atoms with Gasteiger partial charge in [0.1, 0.15) is 12.6 Å². The molecule has 1 aliphatic heterocycles. The Morgan fingerprint density at radius 1 is 1.27 bits per heavy atom. The number of carbonyl (C=O) groups excluding carboxylic acids is 1. The predicted octanol–water partition coefficient (Wildman–Crippen LogP) is 1.00. The average Bonchev–Trinajstić information content (AvgIpc) is 3.22. The summed E-state index contributed by atoms with van der Waals surface area (Å²) in [6, 6.07) is -0.699. The van der Waals surface area contributed by atoms with Crippen molar-refractivity contribution in [3.63, 3.8) is 0 Å². The first kappa shape index (κ1) is 20.1. The number of hydrogen-bond donors (Lipinski definition) is 3. The molecule has 4 rings (SSSR count). The second kappa shape index (κ2) is 7.57. The van der Waals surface area contributed by atoms with Crippen LogP contribution in [0, 0.1) is 5.82 Å². The number of aromatic nitrogens is 5. The second-order valence-electron chi connectivity index (χ2n) is 7.15. The molecule has 1 saturated carbocycles. The number of amides is 1. The van der Waals surface area contributed by atoms with Gasteiger partial charge in [-0.2, -0.15) is 27.8 Å². The fourth-order valence-electron chi connectivity index (χ4n) is 3.19. The minimum Gasteiger partial charge on any atom is -0.368 e. The first-order valence-electron chi connectivity index (χ1n) is 9.34. The van der Waals surface area contributed by atoms with E-state index in [-0.39, 0.29) is 42.7 Å². The van der Waals surface area contributed by atoms with E-state index in [2.05, 4.69) is 25.4 Å². The van der Waals surface area contributed by atoms with E-state index in [1.807, 2.05) is 5.32 Å². The largest absolute Gasteiger partial charge is 0.405 e. The molecule has 0 radical (unpaired) electrons. The van der Waals surface area contributed by atoms with Crippen molar-refractivity contribution in [1.82, 2.24) is 30.0 Å². The van der Waals surface area contributed by atoms with E-state index in [0.29, 0.717) is 6.42 Å². The van der Waals surface area contributed by atoms with Gasteiger partial charge in [0, 0.05) is 12.6 Å². The third-order valence-electron chi connectivity index (χ3n) is 4.74. The maximum absolute atomic E-state index is 14.5. The van der Waals surface area contributed by atoms with Crippen molar-refractivity contribution in [3.05, 3.63) is 12.0 Å². The summed E-state index contributed by atoms with van der Waals surface area (Å²) >= 11 is 0. The van der Waals surface area contributed by atoms with Gasteiger partial charge in [0.2, 0.25) is 17.8 Å². The van der Waals surface area contributed by atoms with Crippen LogP contribution in [0.1, 0.15) is 25.7 Å². The molecule has 10 nitrogen and oxygen atoms in total. The van der Waals surface area contributed by atoms with Gasteiger partial charge in [0.25, 0.3) is 5.95 Å². The summed E-state index contributed by atoms with van der Waals surface area (Å²) in [5.74, 6) is -1.67. The minimum absolute atomic E-state index is 0.0170. The van der Waals surface area contributed by atoms with Crippen molar-refractivity contribution < 1.29 is 22.4 Å². The number of halogens is 4. The van der Waals surface area contributed by atoms with Crippen molar-refractivity contribution in [2.24, 2.45) is 0 Å². The highest BCUT2D eigenvalue weighted by Gasteiger charge is 2.36. The smallest absolute Gasteiger partial charge is 0.368 e. The molecule has 0 bridgehead atoms. The number of nitrogen functional groups attached to an aromatic ring is 1. The van der Waals surface area contributed by atoms with Crippen molar-refractivity contribution in [1.29, 1.82) is 0 Å². The Labute approximate surface area is 167 Å². The Morgan fingerprint density at radius 2 is 2.03 bits per heavy atom. The number of nitrogens with zero attached hydrogens (tertiary/aromatic N) is 6. The van der Waals surface area contributed by atoms with E-state index >= 15 is 0 Å². The van der Waals surface area contributed by atoms with E-state index in [1.165, 1.54) is 4.90 Å². The quantitative estimate of drug-likeness (QED) is 0.581. The van der Waals surface area contributed by atoms with Crippen LogP contribution in [0.5, 0.6) is 0 Å². The Kier molecular flexibility index (Phi) is 5.07. The molecule has 4 N–H and O–H groups in total. The Balaban J connectivity index is 1.57. The number of alkyl halides is 3. The van der Waals surface area contributed by atoms with Crippen molar-refractivity contribution >= 4 is 23.6 Å². The van der Waals surface area contributed by atoms with Crippen LogP contribution in [0.15, 0.2) is 6.20 Å². The number of rotatable bonds is 6. The van der Waals surface area contributed by atoms with Crippen LogP contribution < -0.4 is 21.3 Å². The molecule has 0 spiro atoms. The summed E-state index contributed by atoms with van der Waals surface area (Å²) in [6.45, 7) is -1.21. The third kappa shape index (κ3) is 4.36. The summed E-state index contributed by atoms with van der Waals surface area (Å²) in [5, 5.41) is 9.07. The molecule has 1 atom stereocenters. The molecule has 1 amide bonds. The molecule has 14 heteroatoms. The first-order chi connectivity index (χ1) is 14.2. The van der Waals surface area contributed by atoms with Crippen molar-refractivity contribution in [2.45, 2.75) is 43.9 Å². The summed E-state index contributed by atoms with van der Waals surface area (Å²) in [7, 11) is 0. The van der Waals surface area contributed by atoms with Crippen LogP contribution in [0.2, 0.25) is 0 Å². The fourth-order valence-corrected chi connectivity index (χ4v) is 3.19. The average molecular weight is 429 g/mol. The fraction of sp³-hybridized carbons (Fsp3) is 0.562. The van der Waals surface area contributed by atoms with Crippen LogP contribution in [-0.2, 0) is 4.79 Å². The van der Waals surface area contributed by atoms with E-state index in [4.69, 9.17) is 5.73 Å². The maximum atomic E-state index is 14.5. The first-order valence-corrected chi connectivity index (χ1v) is 9.34. The van der Waals surface area contributed by atoms with Gasteiger partial charge in [-0.15, -0.1) is 5.10 Å². The molecule has 1 saturated heterocycles. The molecule has 3 heterocycles. The second-order valence-corrected chi connectivity index (χ2v) is 7.15. The summed E-state index contributed by atoms with van der Waals surface area (Å²) in [5.41, 5.74) is 5.86. The molecule has 2 aromatic heterocycles. The van der Waals surface area contributed by atoms with Crippen LogP contribution in [-0.4, -0.2) is 62.0 Å². The molecule has 0 aromatic carbocycles. The van der Waals surface area contributed by atoms with Crippen molar-refractivity contribution in [3.8, 4) is 5.95 Å². The van der Waals surface area contributed by atoms with E-state index in [9.17, 15) is 22.4 Å². The van der Waals surface area contributed by atoms with Crippen LogP contribution in [0.4, 0.5) is 35.3 Å². The molecular weight excluding hydrogens is 410 g/mol. The maximum Gasteiger partial charge on any atom is 0.405 e. The zero-order valence-electron chi connectivity index (χ0n) is 15.7. The lowest BCUT2D eigenvalue weighted by Crippen LogP contribution is -2.46. The predicted molar refractivity (Wildman–Crippen MR) is 97.4 cm³/mol. The molecular formula is C16H19F4N9O. The number of hydrogen-bond acceptors (Lipinski definition) is 8. The lowest BCUT2D eigenvalue weighted by Gasteiger charge is -2.25. The van der Waals surface area contributed by atoms with Crippen LogP contribution in [0.3, 0.4) is 0 Å². The molecule has 0 unspecified atom stereocenters. The van der Waals surface area contributed by atoms with Gasteiger partial charge in [-0.1, -0.05) is 0 Å². The van der Waals surface area contributed by atoms with E-state index in [0.717, 1.165) is 23.7 Å². The lowest BCUT2D eigenvalue weighted by atomic mass is 10.2. The standard InChI is InChI=1S/C16H19F4N9O/c17-9-6-22-15(29-13(21)26-14(27-29)24-8-3-4-8)25-11(9)28-5-1-2-10(28)12(30)23-7-16(18,19)20/h6,8,10H,1-5,7H2,(H,23,30)(H3,21,24,26,27)/t10-/m1/s1. The number of carbonyl (C=O) groups is 1. The van der Waals surface area contributed by atoms with Gasteiger partial charge in [-0.25, -0.2) is 9.37 Å². The molecule has 30 heavy (non-hydrogen) atoms. The summed E-state index contributed by atoms with van der Waals surface area (Å²) in [6.07, 6.45) is -0.886. The molecule has 2 fully saturated rings. The minimum atomic E-state index is -4.54. The monoisotopic (exact) mass is 429 g/mol. The van der Waals surface area contributed by atoms with Crippen LogP contribution in [0.25, 0.3) is 5.95 Å². The Morgan fingerprint density at radius 3 is 2.73 bits per heavy atom. The van der Waals surface area contributed by atoms with Gasteiger partial charge in [-0.05, 0) is 25.7 Å². The zero-order chi connectivity index (χ0) is 21.5. The van der Waals surface area contributed by atoms with Gasteiger partial charge >= 0.3 is 6.18 Å². The highest BCUT2D eigenvalue weighted by Crippen LogP contribution is 2.28. The molecule has 2 aromatic rings. The Hall–Kier alpha value is -3.19. The SMILES string of the molecule is Nc1nc(NC2CC2)nn1-c1ncc(F)c(N2CCC[C@@H]2C(=O)NCC(F)(F)F)n1. The van der Waals surface area contributed by atoms with Gasteiger partial charge in [-0.3, -0.25) is 4.79 Å². The zero-order valence-corrected chi connectivity index (χ0v) is 15.7.